The number of halogens is 1. The van der Waals surface area contributed by atoms with E-state index >= 15 is 0 Å². The lowest BCUT2D eigenvalue weighted by molar-refractivity contribution is 0.0934. The third-order valence-electron chi connectivity index (χ3n) is 3.66. The number of thiophene rings is 1. The third-order valence-corrected chi connectivity index (χ3v) is 5.52. The number of aryl methyl sites for hydroxylation is 1. The number of fused-ring (bicyclic) bond motifs is 1. The fourth-order valence-corrected chi connectivity index (χ4v) is 3.90. The molecular formula is C17H14ClN3O4S2. The van der Waals surface area contributed by atoms with Gasteiger partial charge in [0.1, 0.15) is 16.4 Å². The van der Waals surface area contributed by atoms with Crippen LogP contribution in [0.15, 0.2) is 34.9 Å². The van der Waals surface area contributed by atoms with Crippen molar-refractivity contribution >= 4 is 62.2 Å². The van der Waals surface area contributed by atoms with E-state index in [1.807, 2.05) is 0 Å². The van der Waals surface area contributed by atoms with Gasteiger partial charge in [0.2, 0.25) is 0 Å². The maximum Gasteiger partial charge on any atom is 0.273 e. The Balaban J connectivity index is 1.65. The number of hydrazine groups is 1. The van der Waals surface area contributed by atoms with Crippen LogP contribution in [0, 0.1) is 6.92 Å². The molecular weight excluding hydrogens is 410 g/mol. The quantitative estimate of drug-likeness (QED) is 0.441. The smallest absolute Gasteiger partial charge is 0.273 e. The molecule has 2 aromatic heterocycles. The third kappa shape index (κ3) is 4.05. The van der Waals surface area contributed by atoms with E-state index in [4.69, 9.17) is 33.0 Å². The topological polar surface area (TPSA) is 92.6 Å². The Labute approximate surface area is 168 Å². The van der Waals surface area contributed by atoms with Crippen LogP contribution in [-0.4, -0.2) is 24.0 Å². The van der Waals surface area contributed by atoms with Gasteiger partial charge in [-0.2, -0.15) is 0 Å². The van der Waals surface area contributed by atoms with Crippen molar-refractivity contribution in [2.24, 2.45) is 0 Å². The van der Waals surface area contributed by atoms with Gasteiger partial charge in [0.15, 0.2) is 5.11 Å². The maximum absolute atomic E-state index is 12.5. The fourth-order valence-electron chi connectivity index (χ4n) is 2.31. The number of hydrogen-bond acceptors (Lipinski definition) is 6. The first-order valence-electron chi connectivity index (χ1n) is 7.62. The van der Waals surface area contributed by atoms with E-state index in [0.29, 0.717) is 27.0 Å². The van der Waals surface area contributed by atoms with E-state index in [0.717, 1.165) is 10.1 Å². The molecule has 3 aromatic rings. The van der Waals surface area contributed by atoms with Gasteiger partial charge in [-0.3, -0.25) is 25.8 Å². The van der Waals surface area contributed by atoms with E-state index in [9.17, 15) is 9.59 Å². The highest BCUT2D eigenvalue weighted by Gasteiger charge is 2.19. The summed E-state index contributed by atoms with van der Waals surface area (Å²) in [5.74, 6) is 0.217. The monoisotopic (exact) mass is 423 g/mol. The first kappa shape index (κ1) is 19.2. The molecule has 0 radical (unpaired) electrons. The summed E-state index contributed by atoms with van der Waals surface area (Å²) in [7, 11) is 1.56. The van der Waals surface area contributed by atoms with Gasteiger partial charge < -0.3 is 9.15 Å². The predicted octanol–water partition coefficient (Wildman–Crippen LogP) is 3.41. The standard InChI is InChI=1S/C17H14ClN3O4S2/c1-8-10(5-6-25-8)15(22)20-21-17(26)19-16(23)14-13(18)11-4-3-9(24-2)7-12(11)27-14/h3-7H,1-2H3,(H,20,22)(H2,19,21,23,26). The van der Waals surface area contributed by atoms with Crippen molar-refractivity contribution in [3.63, 3.8) is 0 Å². The molecule has 0 saturated carbocycles. The molecule has 0 spiro atoms. The van der Waals surface area contributed by atoms with Gasteiger partial charge in [-0.15, -0.1) is 11.3 Å². The molecule has 0 aliphatic heterocycles. The van der Waals surface area contributed by atoms with Gasteiger partial charge in [-0.25, -0.2) is 0 Å². The second-order valence-electron chi connectivity index (χ2n) is 5.36. The van der Waals surface area contributed by atoms with Crippen LogP contribution in [0.2, 0.25) is 5.02 Å². The molecule has 0 bridgehead atoms. The molecule has 0 saturated heterocycles. The Bertz CT molecular complexity index is 1040. The SMILES string of the molecule is COc1ccc2c(Cl)c(C(=O)NC(=S)NNC(=O)c3ccoc3C)sc2c1. The number of furan rings is 1. The van der Waals surface area contributed by atoms with Crippen LogP contribution >= 0.6 is 35.2 Å². The minimum Gasteiger partial charge on any atom is -0.497 e. The molecule has 27 heavy (non-hydrogen) atoms. The number of rotatable bonds is 3. The Morgan fingerprint density at radius 2 is 2.00 bits per heavy atom. The second-order valence-corrected chi connectivity index (χ2v) is 7.20. The summed E-state index contributed by atoms with van der Waals surface area (Å²) in [6.07, 6.45) is 1.41. The van der Waals surface area contributed by atoms with Gasteiger partial charge in [-0.05, 0) is 43.4 Å². The summed E-state index contributed by atoms with van der Waals surface area (Å²) in [6, 6.07) is 6.88. The van der Waals surface area contributed by atoms with E-state index in [1.165, 1.54) is 23.7 Å². The molecule has 10 heteroatoms. The van der Waals surface area contributed by atoms with E-state index in [-0.39, 0.29) is 5.11 Å². The number of methoxy groups -OCH3 is 1. The molecule has 0 unspecified atom stereocenters. The lowest BCUT2D eigenvalue weighted by Gasteiger charge is -2.10. The zero-order chi connectivity index (χ0) is 19.6. The lowest BCUT2D eigenvalue weighted by atomic mass is 10.2. The first-order valence-corrected chi connectivity index (χ1v) is 9.22. The van der Waals surface area contributed by atoms with Crippen LogP contribution in [0.5, 0.6) is 5.75 Å². The largest absolute Gasteiger partial charge is 0.497 e. The molecule has 0 fully saturated rings. The summed E-state index contributed by atoms with van der Waals surface area (Å²) >= 11 is 12.6. The highest BCUT2D eigenvalue weighted by atomic mass is 35.5. The molecule has 3 N–H and O–H groups in total. The highest BCUT2D eigenvalue weighted by molar-refractivity contribution is 7.80. The van der Waals surface area contributed by atoms with Crippen molar-refractivity contribution in [2.45, 2.75) is 6.92 Å². The Kier molecular flexibility index (Phi) is 5.64. The first-order chi connectivity index (χ1) is 12.9. The summed E-state index contributed by atoms with van der Waals surface area (Å²) in [5, 5.41) is 3.49. The van der Waals surface area contributed by atoms with Crippen LogP contribution in [0.25, 0.3) is 10.1 Å². The van der Waals surface area contributed by atoms with Crippen molar-refractivity contribution in [1.82, 2.24) is 16.2 Å². The predicted molar refractivity (Wildman–Crippen MR) is 107 cm³/mol. The van der Waals surface area contributed by atoms with Crippen LogP contribution in [0.4, 0.5) is 0 Å². The lowest BCUT2D eigenvalue weighted by Crippen LogP contribution is -2.48. The average Bonchev–Trinajstić information content (AvgIpc) is 3.22. The zero-order valence-electron chi connectivity index (χ0n) is 14.2. The number of thiocarbonyl (C=S) groups is 1. The molecule has 3 rings (SSSR count). The van der Waals surface area contributed by atoms with E-state index in [2.05, 4.69) is 16.2 Å². The normalized spacial score (nSPS) is 10.5. The molecule has 140 valence electrons. The highest BCUT2D eigenvalue weighted by Crippen LogP contribution is 2.37. The van der Waals surface area contributed by atoms with Gasteiger partial charge in [0.25, 0.3) is 11.8 Å². The molecule has 2 amide bonds. The van der Waals surface area contributed by atoms with Crippen molar-refractivity contribution in [2.75, 3.05) is 7.11 Å². The summed E-state index contributed by atoms with van der Waals surface area (Å²) < 4.78 is 11.0. The zero-order valence-corrected chi connectivity index (χ0v) is 16.6. The Hall–Kier alpha value is -2.62. The second kappa shape index (κ2) is 7.95. The minimum absolute atomic E-state index is 0.0689. The van der Waals surface area contributed by atoms with Gasteiger partial charge >= 0.3 is 0 Å². The van der Waals surface area contributed by atoms with Crippen molar-refractivity contribution in [3.05, 3.63) is 51.8 Å². The van der Waals surface area contributed by atoms with Gasteiger partial charge in [0, 0.05) is 10.1 Å². The number of nitrogens with one attached hydrogen (secondary N) is 3. The summed E-state index contributed by atoms with van der Waals surface area (Å²) in [4.78, 5) is 24.7. The summed E-state index contributed by atoms with van der Waals surface area (Å²) in [5.41, 5.74) is 5.22. The Morgan fingerprint density at radius 3 is 2.67 bits per heavy atom. The fraction of sp³-hybridized carbons (Fsp3) is 0.118. The van der Waals surface area contributed by atoms with Crippen molar-refractivity contribution in [3.8, 4) is 5.75 Å². The molecule has 0 aliphatic carbocycles. The number of benzene rings is 1. The summed E-state index contributed by atoms with van der Waals surface area (Å²) in [6.45, 7) is 1.66. The molecule has 1 aromatic carbocycles. The van der Waals surface area contributed by atoms with Gasteiger partial charge in [0.05, 0.1) is 24.0 Å². The van der Waals surface area contributed by atoms with Crippen molar-refractivity contribution < 1.29 is 18.7 Å². The molecule has 2 heterocycles. The number of carbonyl (C=O) groups is 2. The van der Waals surface area contributed by atoms with E-state index < -0.39 is 11.8 Å². The van der Waals surface area contributed by atoms with Crippen LogP contribution in [-0.2, 0) is 0 Å². The molecule has 0 aliphatic rings. The van der Waals surface area contributed by atoms with Crippen LogP contribution in [0.1, 0.15) is 25.8 Å². The minimum atomic E-state index is -0.480. The number of amides is 2. The number of hydrogen-bond donors (Lipinski definition) is 3. The van der Waals surface area contributed by atoms with E-state index in [1.54, 1.807) is 32.2 Å². The molecule has 7 nitrogen and oxygen atoms in total. The number of carbonyl (C=O) groups excluding carboxylic acids is 2. The number of ether oxygens (including phenoxy) is 1. The van der Waals surface area contributed by atoms with Crippen LogP contribution in [0.3, 0.4) is 0 Å². The van der Waals surface area contributed by atoms with Crippen LogP contribution < -0.4 is 20.9 Å². The molecule has 0 atom stereocenters. The Morgan fingerprint density at radius 1 is 1.22 bits per heavy atom. The van der Waals surface area contributed by atoms with Gasteiger partial charge in [-0.1, -0.05) is 11.6 Å². The maximum atomic E-state index is 12.5. The van der Waals surface area contributed by atoms with Crippen molar-refractivity contribution in [1.29, 1.82) is 0 Å². The average molecular weight is 424 g/mol.